The van der Waals surface area contributed by atoms with Gasteiger partial charge in [-0.15, -0.1) is 0 Å². The van der Waals surface area contributed by atoms with Gasteiger partial charge in [0, 0.05) is 6.61 Å². The molecular formula is C22H38O3. The molecule has 25 heavy (non-hydrogen) atoms. The summed E-state index contributed by atoms with van der Waals surface area (Å²) in [5.74, 6) is 0. The summed E-state index contributed by atoms with van der Waals surface area (Å²) in [5, 5.41) is 9.84. The van der Waals surface area contributed by atoms with Crippen LogP contribution in [-0.4, -0.2) is 31.0 Å². The molecular weight excluding hydrogens is 312 g/mol. The fraction of sp³-hybridized carbons (Fsp3) is 0.727. The maximum Gasteiger partial charge on any atom is 0.101 e. The number of unbranched alkanes of at least 4 members (excludes halogenated alkanes) is 9. The minimum absolute atomic E-state index is 0.326. The highest BCUT2D eigenvalue weighted by Crippen LogP contribution is 2.10. The van der Waals surface area contributed by atoms with E-state index in [9.17, 15) is 5.11 Å². The molecule has 1 rings (SSSR count). The summed E-state index contributed by atoms with van der Waals surface area (Å²) in [7, 11) is 0. The number of rotatable bonds is 17. The second-order valence-corrected chi connectivity index (χ2v) is 6.91. The maximum atomic E-state index is 9.84. The van der Waals surface area contributed by atoms with Crippen LogP contribution in [-0.2, 0) is 16.1 Å². The Morgan fingerprint density at radius 1 is 0.760 bits per heavy atom. The van der Waals surface area contributed by atoms with Gasteiger partial charge in [0.05, 0.1) is 19.8 Å². The van der Waals surface area contributed by atoms with Gasteiger partial charge in [0.25, 0.3) is 0 Å². The van der Waals surface area contributed by atoms with Crippen molar-refractivity contribution in [2.75, 3.05) is 19.8 Å². The lowest BCUT2D eigenvalue weighted by atomic mass is 10.1. The third kappa shape index (κ3) is 14.0. The summed E-state index contributed by atoms with van der Waals surface area (Å²) in [4.78, 5) is 0. The van der Waals surface area contributed by atoms with Gasteiger partial charge in [-0.1, -0.05) is 95.0 Å². The molecule has 144 valence electrons. The summed E-state index contributed by atoms with van der Waals surface area (Å²) < 4.78 is 11.0. The molecule has 0 aliphatic heterocycles. The molecule has 1 unspecified atom stereocenters. The summed E-state index contributed by atoms with van der Waals surface area (Å²) >= 11 is 0. The Balaban J connectivity index is 1.80. The molecule has 1 aromatic rings. The van der Waals surface area contributed by atoms with E-state index in [4.69, 9.17) is 9.47 Å². The zero-order valence-electron chi connectivity index (χ0n) is 16.1. The van der Waals surface area contributed by atoms with Crippen LogP contribution in [0, 0.1) is 0 Å². The average molecular weight is 351 g/mol. The van der Waals surface area contributed by atoms with Crippen molar-refractivity contribution in [3.05, 3.63) is 35.9 Å². The Morgan fingerprint density at radius 2 is 1.32 bits per heavy atom. The third-order valence-corrected chi connectivity index (χ3v) is 4.37. The third-order valence-electron chi connectivity index (χ3n) is 4.37. The smallest absolute Gasteiger partial charge is 0.101 e. The van der Waals surface area contributed by atoms with Gasteiger partial charge in [0.15, 0.2) is 0 Å². The van der Waals surface area contributed by atoms with E-state index in [-0.39, 0.29) is 0 Å². The highest BCUT2D eigenvalue weighted by Gasteiger charge is 2.04. The molecule has 1 aromatic carbocycles. The van der Waals surface area contributed by atoms with Crippen molar-refractivity contribution in [1.29, 1.82) is 0 Å². The van der Waals surface area contributed by atoms with Crippen molar-refractivity contribution >= 4 is 0 Å². The van der Waals surface area contributed by atoms with Gasteiger partial charge >= 0.3 is 0 Å². The highest BCUT2D eigenvalue weighted by atomic mass is 16.5. The summed E-state index contributed by atoms with van der Waals surface area (Å²) in [5.41, 5.74) is 1.13. The molecule has 0 aromatic heterocycles. The minimum Gasteiger partial charge on any atom is -0.388 e. The first-order valence-corrected chi connectivity index (χ1v) is 10.2. The van der Waals surface area contributed by atoms with E-state index < -0.39 is 6.10 Å². The van der Waals surface area contributed by atoms with Crippen molar-refractivity contribution in [2.24, 2.45) is 0 Å². The van der Waals surface area contributed by atoms with Crippen LogP contribution in [0.3, 0.4) is 0 Å². The molecule has 3 nitrogen and oxygen atoms in total. The van der Waals surface area contributed by atoms with E-state index in [0.717, 1.165) is 18.6 Å². The fourth-order valence-corrected chi connectivity index (χ4v) is 2.85. The average Bonchev–Trinajstić information content (AvgIpc) is 2.63. The van der Waals surface area contributed by atoms with Crippen molar-refractivity contribution in [1.82, 2.24) is 0 Å². The number of hydrogen-bond donors (Lipinski definition) is 1. The quantitative estimate of drug-likeness (QED) is 0.377. The predicted molar refractivity (Wildman–Crippen MR) is 105 cm³/mol. The molecule has 0 amide bonds. The van der Waals surface area contributed by atoms with Gasteiger partial charge in [-0.2, -0.15) is 0 Å². The Bertz CT molecular complexity index is 380. The van der Waals surface area contributed by atoms with Crippen molar-refractivity contribution in [2.45, 2.75) is 83.8 Å². The van der Waals surface area contributed by atoms with Crippen LogP contribution < -0.4 is 0 Å². The zero-order valence-corrected chi connectivity index (χ0v) is 16.1. The molecule has 0 aliphatic carbocycles. The molecule has 0 heterocycles. The van der Waals surface area contributed by atoms with E-state index >= 15 is 0 Å². The monoisotopic (exact) mass is 350 g/mol. The number of aliphatic hydroxyl groups excluding tert-OH is 1. The van der Waals surface area contributed by atoms with Gasteiger partial charge in [-0.25, -0.2) is 0 Å². The molecule has 0 spiro atoms. The standard InChI is InChI=1S/C22H38O3/c1-2-3-4-5-6-7-8-9-10-14-17-24-19-22(23)20-25-18-21-15-12-11-13-16-21/h11-13,15-16,22-23H,2-10,14,17-20H2,1H3. The molecule has 1 N–H and O–H groups in total. The van der Waals surface area contributed by atoms with Crippen molar-refractivity contribution < 1.29 is 14.6 Å². The second kappa shape index (κ2) is 16.6. The minimum atomic E-state index is -0.535. The topological polar surface area (TPSA) is 38.7 Å². The Labute approximate surface area is 154 Å². The zero-order chi connectivity index (χ0) is 18.0. The number of aliphatic hydroxyl groups is 1. The molecule has 0 bridgehead atoms. The summed E-state index contributed by atoms with van der Waals surface area (Å²) in [6, 6.07) is 10.0. The van der Waals surface area contributed by atoms with E-state index in [1.807, 2.05) is 30.3 Å². The Morgan fingerprint density at radius 3 is 1.96 bits per heavy atom. The normalized spacial score (nSPS) is 12.4. The van der Waals surface area contributed by atoms with Crippen LogP contribution in [0.1, 0.15) is 76.7 Å². The van der Waals surface area contributed by atoms with E-state index in [1.165, 1.54) is 57.8 Å². The summed E-state index contributed by atoms with van der Waals surface area (Å²) in [6.45, 7) is 4.24. The van der Waals surface area contributed by atoms with Crippen LogP contribution in [0.4, 0.5) is 0 Å². The lowest BCUT2D eigenvalue weighted by Gasteiger charge is -2.12. The lowest BCUT2D eigenvalue weighted by molar-refractivity contribution is -0.0239. The van der Waals surface area contributed by atoms with Crippen molar-refractivity contribution in [3.63, 3.8) is 0 Å². The molecule has 0 radical (unpaired) electrons. The largest absolute Gasteiger partial charge is 0.388 e. The van der Waals surface area contributed by atoms with Crippen LogP contribution in [0.5, 0.6) is 0 Å². The second-order valence-electron chi connectivity index (χ2n) is 6.91. The fourth-order valence-electron chi connectivity index (χ4n) is 2.85. The van der Waals surface area contributed by atoms with Gasteiger partial charge in [-0.3, -0.25) is 0 Å². The Hall–Kier alpha value is -0.900. The van der Waals surface area contributed by atoms with Crippen molar-refractivity contribution in [3.8, 4) is 0 Å². The summed E-state index contributed by atoms with van der Waals surface area (Å²) in [6.07, 6.45) is 12.7. The number of benzene rings is 1. The van der Waals surface area contributed by atoms with Crippen LogP contribution >= 0.6 is 0 Å². The molecule has 0 aliphatic rings. The van der Waals surface area contributed by atoms with Gasteiger partial charge in [0.2, 0.25) is 0 Å². The van der Waals surface area contributed by atoms with E-state index in [2.05, 4.69) is 6.92 Å². The van der Waals surface area contributed by atoms with Gasteiger partial charge < -0.3 is 14.6 Å². The Kier molecular flexibility index (Phi) is 14.7. The maximum absolute atomic E-state index is 9.84. The lowest BCUT2D eigenvalue weighted by Crippen LogP contribution is -2.22. The van der Waals surface area contributed by atoms with Gasteiger partial charge in [-0.05, 0) is 12.0 Å². The first kappa shape index (κ1) is 22.1. The molecule has 0 saturated carbocycles. The first-order valence-electron chi connectivity index (χ1n) is 10.2. The molecule has 0 fully saturated rings. The van der Waals surface area contributed by atoms with E-state index in [0.29, 0.717) is 19.8 Å². The highest BCUT2D eigenvalue weighted by molar-refractivity contribution is 5.13. The number of ether oxygens (including phenoxy) is 2. The predicted octanol–water partition coefficient (Wildman–Crippen LogP) is 5.50. The SMILES string of the molecule is CCCCCCCCCCCCOCC(O)COCc1ccccc1. The van der Waals surface area contributed by atoms with Crippen LogP contribution in [0.25, 0.3) is 0 Å². The molecule has 1 atom stereocenters. The number of hydrogen-bond acceptors (Lipinski definition) is 3. The molecule has 0 saturated heterocycles. The van der Waals surface area contributed by atoms with Crippen LogP contribution in [0.15, 0.2) is 30.3 Å². The first-order chi connectivity index (χ1) is 12.3. The molecule has 3 heteroatoms. The van der Waals surface area contributed by atoms with Gasteiger partial charge in [0.1, 0.15) is 6.10 Å². The van der Waals surface area contributed by atoms with Crippen LogP contribution in [0.2, 0.25) is 0 Å². The van der Waals surface area contributed by atoms with E-state index in [1.54, 1.807) is 0 Å².